The van der Waals surface area contributed by atoms with Gasteiger partial charge in [0.1, 0.15) is 24.6 Å². The van der Waals surface area contributed by atoms with Crippen molar-refractivity contribution in [2.45, 2.75) is 25.6 Å². The Bertz CT molecular complexity index is 1160. The number of β-amino-alcohol motifs (C(OH)–C–C–N with tert-alkyl or cyclic N) is 1. The minimum atomic E-state index is -1.32. The van der Waals surface area contributed by atoms with Crippen LogP contribution >= 0.6 is 0 Å². The van der Waals surface area contributed by atoms with Gasteiger partial charge in [0.25, 0.3) is 0 Å². The van der Waals surface area contributed by atoms with Crippen molar-refractivity contribution in [3.05, 3.63) is 71.6 Å². The summed E-state index contributed by atoms with van der Waals surface area (Å²) in [5, 5.41) is 15.4. The molecule has 0 spiro atoms. The van der Waals surface area contributed by atoms with E-state index in [1.807, 2.05) is 36.0 Å². The maximum absolute atomic E-state index is 13.5. The lowest BCUT2D eigenvalue weighted by molar-refractivity contribution is -0.0647. The van der Waals surface area contributed by atoms with Crippen LogP contribution in [-0.4, -0.2) is 72.0 Å². The number of methoxy groups -OCH3 is 1. The van der Waals surface area contributed by atoms with E-state index in [0.29, 0.717) is 44.3 Å². The maximum Gasteiger partial charge on any atom is 0.162 e. The summed E-state index contributed by atoms with van der Waals surface area (Å²) >= 11 is 0. The van der Waals surface area contributed by atoms with Crippen LogP contribution in [0.4, 0.5) is 8.78 Å². The van der Waals surface area contributed by atoms with E-state index in [-0.39, 0.29) is 25.5 Å². The number of nitrogens with zero attached hydrogens (tertiary/aromatic N) is 3. The number of rotatable bonds is 10. The topological polar surface area (TPSA) is 78.2 Å². The molecule has 0 amide bonds. The highest BCUT2D eigenvalue weighted by Gasteiger charge is 2.33. The van der Waals surface area contributed by atoms with Gasteiger partial charge in [-0.3, -0.25) is 9.58 Å². The van der Waals surface area contributed by atoms with Crippen molar-refractivity contribution in [1.82, 2.24) is 14.7 Å². The predicted octanol–water partition coefficient (Wildman–Crippen LogP) is 3.20. The molecule has 2 heterocycles. The summed E-state index contributed by atoms with van der Waals surface area (Å²) in [6.45, 7) is 4.82. The van der Waals surface area contributed by atoms with Gasteiger partial charge in [-0.05, 0) is 42.3 Å². The molecule has 0 bridgehead atoms. The first-order valence-corrected chi connectivity index (χ1v) is 11.7. The van der Waals surface area contributed by atoms with Gasteiger partial charge < -0.3 is 24.1 Å². The van der Waals surface area contributed by atoms with E-state index in [2.05, 4.69) is 10.00 Å². The molecule has 0 saturated carbocycles. The lowest BCUT2D eigenvalue weighted by Crippen LogP contribution is -2.48. The van der Waals surface area contributed by atoms with E-state index in [0.717, 1.165) is 23.3 Å². The second kappa shape index (κ2) is 11.7. The summed E-state index contributed by atoms with van der Waals surface area (Å²) < 4.78 is 51.1. The van der Waals surface area contributed by atoms with Crippen LogP contribution in [0.1, 0.15) is 11.1 Å². The highest BCUT2D eigenvalue weighted by atomic mass is 19.2. The van der Waals surface area contributed by atoms with Crippen LogP contribution in [0.5, 0.6) is 17.2 Å². The second-order valence-electron chi connectivity index (χ2n) is 8.97. The summed E-state index contributed by atoms with van der Waals surface area (Å²) in [6, 6.07) is 9.00. The summed E-state index contributed by atoms with van der Waals surface area (Å²) in [4.78, 5) is 2.06. The first kappa shape index (κ1) is 25.9. The highest BCUT2D eigenvalue weighted by molar-refractivity contribution is 5.43. The molecule has 2 aromatic carbocycles. The molecule has 4 rings (SSSR count). The Hall–Kier alpha value is -3.21. The zero-order chi connectivity index (χ0) is 25.5. The van der Waals surface area contributed by atoms with Crippen LogP contribution in [-0.2, 0) is 17.8 Å². The quantitative estimate of drug-likeness (QED) is 0.455. The Morgan fingerprint density at radius 1 is 1.11 bits per heavy atom. The molecule has 1 aliphatic heterocycles. The van der Waals surface area contributed by atoms with Gasteiger partial charge in [-0.25, -0.2) is 8.78 Å². The molecule has 1 atom stereocenters. The predicted molar refractivity (Wildman–Crippen MR) is 128 cm³/mol. The molecule has 8 nitrogen and oxygen atoms in total. The Balaban J connectivity index is 1.37. The molecule has 1 fully saturated rings. The Labute approximate surface area is 209 Å². The van der Waals surface area contributed by atoms with E-state index < -0.39 is 17.2 Å². The summed E-state index contributed by atoms with van der Waals surface area (Å²) in [5.41, 5.74) is 0.743. The van der Waals surface area contributed by atoms with Crippen molar-refractivity contribution in [3.8, 4) is 17.2 Å². The van der Waals surface area contributed by atoms with E-state index in [4.69, 9.17) is 18.9 Å². The van der Waals surface area contributed by atoms with Crippen molar-refractivity contribution >= 4 is 0 Å². The zero-order valence-corrected chi connectivity index (χ0v) is 20.5. The lowest BCUT2D eigenvalue weighted by atomic mass is 10.1. The molecule has 1 aliphatic rings. The Morgan fingerprint density at radius 2 is 1.97 bits per heavy atom. The molecule has 3 aromatic rings. The van der Waals surface area contributed by atoms with Gasteiger partial charge in [0.05, 0.1) is 33.1 Å². The largest absolute Gasteiger partial charge is 0.493 e. The number of hydrogen-bond donors (Lipinski definition) is 1. The van der Waals surface area contributed by atoms with E-state index >= 15 is 0 Å². The van der Waals surface area contributed by atoms with Gasteiger partial charge in [-0.1, -0.05) is 6.07 Å². The van der Waals surface area contributed by atoms with Gasteiger partial charge >= 0.3 is 0 Å². The molecule has 10 heteroatoms. The third-order valence-electron chi connectivity index (χ3n) is 5.81. The monoisotopic (exact) mass is 503 g/mol. The normalized spacial score (nSPS) is 18.6. The van der Waals surface area contributed by atoms with Crippen molar-refractivity contribution in [1.29, 1.82) is 0 Å². The fraction of sp³-hybridized carbons (Fsp3) is 0.423. The Kier molecular flexibility index (Phi) is 8.40. The summed E-state index contributed by atoms with van der Waals surface area (Å²) in [6.07, 6.45) is 3.76. The van der Waals surface area contributed by atoms with E-state index in [1.165, 1.54) is 6.07 Å². The lowest BCUT2D eigenvalue weighted by Gasteiger charge is -2.30. The SMILES string of the molecule is COc1ccc(CN2CCOC[C@@](O)(COc3ccc(F)c(F)c3)C2)cc1OCCn1cc(C)cn1. The average Bonchev–Trinajstić information content (AvgIpc) is 3.18. The molecule has 36 heavy (non-hydrogen) atoms. The van der Waals surface area contributed by atoms with Crippen molar-refractivity contribution < 1.29 is 32.8 Å². The van der Waals surface area contributed by atoms with Gasteiger partial charge in [-0.2, -0.15) is 5.10 Å². The Morgan fingerprint density at radius 3 is 2.72 bits per heavy atom. The number of aliphatic hydroxyl groups is 1. The minimum Gasteiger partial charge on any atom is -0.493 e. The van der Waals surface area contributed by atoms with Crippen molar-refractivity contribution in [2.75, 3.05) is 46.6 Å². The van der Waals surface area contributed by atoms with Crippen molar-refractivity contribution in [3.63, 3.8) is 0 Å². The van der Waals surface area contributed by atoms with Crippen LogP contribution in [0.3, 0.4) is 0 Å². The van der Waals surface area contributed by atoms with E-state index in [1.54, 1.807) is 13.3 Å². The minimum absolute atomic E-state index is 0.0665. The number of aromatic nitrogens is 2. The molecule has 194 valence electrons. The van der Waals surface area contributed by atoms with E-state index in [9.17, 15) is 13.9 Å². The smallest absolute Gasteiger partial charge is 0.162 e. The van der Waals surface area contributed by atoms with Gasteiger partial charge in [0, 0.05) is 31.9 Å². The van der Waals surface area contributed by atoms with Gasteiger partial charge in [0.15, 0.2) is 23.1 Å². The average molecular weight is 504 g/mol. The fourth-order valence-electron chi connectivity index (χ4n) is 4.03. The number of aryl methyl sites for hydroxylation is 1. The maximum atomic E-state index is 13.5. The third kappa shape index (κ3) is 6.93. The summed E-state index contributed by atoms with van der Waals surface area (Å²) in [5.74, 6) is -0.562. The standard InChI is InChI=1S/C26H31F2N3O5/c1-19-13-29-31(14-19)8-10-35-25-11-20(3-6-24(25)33-2)15-30-7-9-34-17-26(32,16-30)18-36-21-4-5-22(27)23(28)12-21/h3-6,11-14,32H,7-10,15-18H2,1-2H3/t26-/m1/s1. The molecule has 0 unspecified atom stereocenters. The summed E-state index contributed by atoms with van der Waals surface area (Å²) in [7, 11) is 1.60. The molecule has 1 saturated heterocycles. The third-order valence-corrected chi connectivity index (χ3v) is 5.81. The van der Waals surface area contributed by atoms with Crippen LogP contribution in [0.2, 0.25) is 0 Å². The molecule has 1 N–H and O–H groups in total. The van der Waals surface area contributed by atoms with Crippen LogP contribution in [0.15, 0.2) is 48.8 Å². The molecular formula is C26H31F2N3O5. The molecule has 1 aromatic heterocycles. The van der Waals surface area contributed by atoms with Crippen LogP contribution in [0, 0.1) is 18.6 Å². The second-order valence-corrected chi connectivity index (χ2v) is 8.97. The highest BCUT2D eigenvalue weighted by Crippen LogP contribution is 2.29. The van der Waals surface area contributed by atoms with Gasteiger partial charge in [0.2, 0.25) is 0 Å². The van der Waals surface area contributed by atoms with Crippen LogP contribution in [0.25, 0.3) is 0 Å². The van der Waals surface area contributed by atoms with Crippen molar-refractivity contribution in [2.24, 2.45) is 0 Å². The zero-order valence-electron chi connectivity index (χ0n) is 20.5. The fourth-order valence-corrected chi connectivity index (χ4v) is 4.03. The first-order valence-electron chi connectivity index (χ1n) is 11.7. The van der Waals surface area contributed by atoms with Crippen LogP contribution < -0.4 is 14.2 Å². The first-order chi connectivity index (χ1) is 17.3. The number of hydrogen-bond acceptors (Lipinski definition) is 7. The molecule has 0 radical (unpaired) electrons. The number of ether oxygens (including phenoxy) is 4. The molecule has 0 aliphatic carbocycles. The number of halogens is 2. The number of benzene rings is 2. The van der Waals surface area contributed by atoms with Gasteiger partial charge in [-0.15, -0.1) is 0 Å². The molecular weight excluding hydrogens is 472 g/mol.